The van der Waals surface area contributed by atoms with Crippen LogP contribution in [0.3, 0.4) is 0 Å². The number of carbonyl (C=O) groups is 3. The van der Waals surface area contributed by atoms with Crippen molar-refractivity contribution < 1.29 is 27.6 Å². The van der Waals surface area contributed by atoms with Crippen molar-refractivity contribution in [2.24, 2.45) is 0 Å². The summed E-state index contributed by atoms with van der Waals surface area (Å²) in [6.45, 7) is 3.19. The number of carbonyl (C=O) groups excluding carboxylic acids is 3. The first-order valence-corrected chi connectivity index (χ1v) is 12.1. The van der Waals surface area contributed by atoms with Gasteiger partial charge in [-0.1, -0.05) is 30.3 Å². The number of aromatic nitrogens is 1. The Kier molecular flexibility index (Phi) is 7.26. The number of pyridine rings is 1. The summed E-state index contributed by atoms with van der Waals surface area (Å²) >= 11 is -0.277. The highest BCUT2D eigenvalue weighted by Crippen LogP contribution is 2.39. The molecule has 1 fully saturated rings. The predicted molar refractivity (Wildman–Crippen MR) is 134 cm³/mol. The number of nitrogens with one attached hydrogen (secondary N) is 1. The highest BCUT2D eigenvalue weighted by molar-refractivity contribution is 8.00. The number of hydrogen-bond acceptors (Lipinski definition) is 5. The van der Waals surface area contributed by atoms with Crippen LogP contribution in [-0.4, -0.2) is 38.8 Å². The number of nitrogens with zero attached hydrogens (tertiary/aromatic N) is 3. The maximum atomic E-state index is 13.4. The lowest BCUT2D eigenvalue weighted by Crippen LogP contribution is -2.43. The number of alkyl halides is 3. The predicted octanol–water partition coefficient (Wildman–Crippen LogP) is 5.62. The molecule has 0 atom stereocenters. The SMILES string of the molecule is CC1(C)C(=O)N(c2ccc(SC(F)(F)F)cc2)C(=O)N1Cc1ccncc1NC(=O)Cc1ccccc1. The van der Waals surface area contributed by atoms with Gasteiger partial charge in [-0.25, -0.2) is 9.69 Å². The first kappa shape index (κ1) is 26.2. The first-order valence-electron chi connectivity index (χ1n) is 11.2. The highest BCUT2D eigenvalue weighted by atomic mass is 32.2. The number of benzene rings is 2. The maximum Gasteiger partial charge on any atom is 0.446 e. The molecule has 1 aliphatic rings. The summed E-state index contributed by atoms with van der Waals surface area (Å²) in [6.07, 6.45) is 3.15. The quantitative estimate of drug-likeness (QED) is 0.318. The van der Waals surface area contributed by atoms with Gasteiger partial charge in [0.05, 0.1) is 30.5 Å². The summed E-state index contributed by atoms with van der Waals surface area (Å²) in [7, 11) is 0. The van der Waals surface area contributed by atoms with Gasteiger partial charge in [0, 0.05) is 11.1 Å². The van der Waals surface area contributed by atoms with E-state index in [2.05, 4.69) is 10.3 Å². The Morgan fingerprint density at radius 1 is 1.03 bits per heavy atom. The number of anilines is 2. The fraction of sp³-hybridized carbons (Fsp3) is 0.231. The lowest BCUT2D eigenvalue weighted by atomic mass is 10.0. The lowest BCUT2D eigenvalue weighted by Gasteiger charge is -2.28. The van der Waals surface area contributed by atoms with E-state index in [0.717, 1.165) is 10.5 Å². The normalized spacial score (nSPS) is 15.3. The standard InChI is InChI=1S/C26H23F3N4O3S/c1-25(2)23(35)33(19-8-10-20(11-9-19)37-26(27,28)29)24(36)32(25)16-18-12-13-30-15-21(18)31-22(34)14-17-6-4-3-5-7-17/h3-13,15H,14,16H2,1-2H3,(H,31,34). The molecule has 1 aliphatic heterocycles. The van der Waals surface area contributed by atoms with E-state index in [4.69, 9.17) is 0 Å². The van der Waals surface area contributed by atoms with Crippen LogP contribution in [0, 0.1) is 0 Å². The van der Waals surface area contributed by atoms with E-state index in [-0.39, 0.29) is 41.2 Å². The Morgan fingerprint density at radius 3 is 2.35 bits per heavy atom. The summed E-state index contributed by atoms with van der Waals surface area (Å²) in [5, 5.41) is 2.82. The fourth-order valence-electron chi connectivity index (χ4n) is 3.95. The second kappa shape index (κ2) is 10.3. The minimum Gasteiger partial charge on any atom is -0.324 e. The van der Waals surface area contributed by atoms with E-state index in [9.17, 15) is 27.6 Å². The minimum atomic E-state index is -4.45. The zero-order valence-corrected chi connectivity index (χ0v) is 20.8. The molecule has 2 heterocycles. The van der Waals surface area contributed by atoms with Crippen LogP contribution >= 0.6 is 11.8 Å². The van der Waals surface area contributed by atoms with Gasteiger partial charge in [-0.3, -0.25) is 14.6 Å². The van der Waals surface area contributed by atoms with Gasteiger partial charge in [0.1, 0.15) is 5.54 Å². The molecular formula is C26H23F3N4O3S. The van der Waals surface area contributed by atoms with Crippen LogP contribution in [0.15, 0.2) is 78.0 Å². The molecule has 1 N–H and O–H groups in total. The van der Waals surface area contributed by atoms with Gasteiger partial charge in [0.15, 0.2) is 0 Å². The molecule has 1 saturated heterocycles. The van der Waals surface area contributed by atoms with E-state index in [1.54, 1.807) is 19.9 Å². The first-order chi connectivity index (χ1) is 17.5. The zero-order valence-electron chi connectivity index (χ0n) is 20.0. The monoisotopic (exact) mass is 528 g/mol. The van der Waals surface area contributed by atoms with Crippen molar-refractivity contribution >= 4 is 41.0 Å². The smallest absolute Gasteiger partial charge is 0.324 e. The third-order valence-electron chi connectivity index (χ3n) is 5.87. The van der Waals surface area contributed by atoms with Crippen molar-refractivity contribution in [3.05, 3.63) is 84.2 Å². The molecule has 3 aromatic rings. The second-order valence-electron chi connectivity index (χ2n) is 8.85. The Hall–Kier alpha value is -3.86. The van der Waals surface area contributed by atoms with Gasteiger partial charge in [-0.05, 0) is 67.1 Å². The van der Waals surface area contributed by atoms with E-state index in [0.29, 0.717) is 11.3 Å². The Bertz CT molecular complexity index is 1310. The molecule has 0 bridgehead atoms. The number of thioether (sulfide) groups is 1. The van der Waals surface area contributed by atoms with Crippen LogP contribution in [0.1, 0.15) is 25.0 Å². The van der Waals surface area contributed by atoms with Crippen LogP contribution in [0.5, 0.6) is 0 Å². The van der Waals surface area contributed by atoms with Crippen LogP contribution in [0.2, 0.25) is 0 Å². The van der Waals surface area contributed by atoms with Crippen molar-refractivity contribution in [2.45, 2.75) is 42.8 Å². The number of amides is 4. The van der Waals surface area contributed by atoms with E-state index >= 15 is 0 Å². The summed E-state index contributed by atoms with van der Waals surface area (Å²) < 4.78 is 38.0. The lowest BCUT2D eigenvalue weighted by molar-refractivity contribution is -0.123. The second-order valence-corrected chi connectivity index (χ2v) is 9.99. The number of imide groups is 1. The molecule has 192 valence electrons. The van der Waals surface area contributed by atoms with Crippen LogP contribution in [0.25, 0.3) is 0 Å². The molecule has 11 heteroatoms. The minimum absolute atomic E-state index is 0.000444. The van der Waals surface area contributed by atoms with Gasteiger partial charge >= 0.3 is 11.5 Å². The third kappa shape index (κ3) is 5.93. The van der Waals surface area contributed by atoms with Gasteiger partial charge in [0.25, 0.3) is 5.91 Å². The van der Waals surface area contributed by atoms with Crippen LogP contribution < -0.4 is 10.2 Å². The Balaban J connectivity index is 1.53. The average Bonchev–Trinajstić information content (AvgIpc) is 3.00. The molecule has 2 aromatic carbocycles. The summed E-state index contributed by atoms with van der Waals surface area (Å²) in [4.78, 5) is 45.5. The van der Waals surface area contributed by atoms with Crippen LogP contribution in [0.4, 0.5) is 29.3 Å². The summed E-state index contributed by atoms with van der Waals surface area (Å²) in [6, 6.07) is 15.3. The summed E-state index contributed by atoms with van der Waals surface area (Å²) in [5.74, 6) is -0.778. The van der Waals surface area contributed by atoms with Gasteiger partial charge in [-0.2, -0.15) is 13.2 Å². The molecule has 0 aliphatic carbocycles. The van der Waals surface area contributed by atoms with Gasteiger partial charge < -0.3 is 10.2 Å². The molecule has 1 aromatic heterocycles. The number of urea groups is 1. The van der Waals surface area contributed by atoms with Crippen molar-refractivity contribution in [1.29, 1.82) is 0 Å². The van der Waals surface area contributed by atoms with E-state index < -0.39 is 23.0 Å². The summed E-state index contributed by atoms with van der Waals surface area (Å²) in [5.41, 5.74) is -3.70. The topological polar surface area (TPSA) is 82.6 Å². The number of rotatable bonds is 7. The maximum absolute atomic E-state index is 13.4. The molecule has 4 amide bonds. The largest absolute Gasteiger partial charge is 0.446 e. The molecule has 0 unspecified atom stereocenters. The molecule has 0 spiro atoms. The van der Waals surface area contributed by atoms with Crippen molar-refractivity contribution in [1.82, 2.24) is 9.88 Å². The van der Waals surface area contributed by atoms with Gasteiger partial charge in [-0.15, -0.1) is 0 Å². The molecule has 0 radical (unpaired) electrons. The number of hydrogen-bond donors (Lipinski definition) is 1. The molecule has 0 saturated carbocycles. The van der Waals surface area contributed by atoms with Crippen molar-refractivity contribution in [3.8, 4) is 0 Å². The Morgan fingerprint density at radius 2 is 1.70 bits per heavy atom. The van der Waals surface area contributed by atoms with E-state index in [1.807, 2.05) is 30.3 Å². The highest BCUT2D eigenvalue weighted by Gasteiger charge is 2.51. The van der Waals surface area contributed by atoms with Crippen molar-refractivity contribution in [3.63, 3.8) is 0 Å². The molecular weight excluding hydrogens is 505 g/mol. The van der Waals surface area contributed by atoms with E-state index in [1.165, 1.54) is 41.6 Å². The van der Waals surface area contributed by atoms with Crippen molar-refractivity contribution in [2.75, 3.05) is 10.2 Å². The van der Waals surface area contributed by atoms with Crippen LogP contribution in [-0.2, 0) is 22.6 Å². The molecule has 4 rings (SSSR count). The van der Waals surface area contributed by atoms with Gasteiger partial charge in [0.2, 0.25) is 5.91 Å². The number of halogens is 3. The fourth-order valence-corrected chi connectivity index (χ4v) is 4.48. The molecule has 37 heavy (non-hydrogen) atoms. The Labute approximate surface area is 215 Å². The third-order valence-corrected chi connectivity index (χ3v) is 6.61. The zero-order chi connectivity index (χ0) is 26.8. The molecule has 7 nitrogen and oxygen atoms in total. The average molecular weight is 529 g/mol.